The molecule has 0 aliphatic carbocycles. The molecule has 144 valence electrons. The van der Waals surface area contributed by atoms with Crippen LogP contribution in [0.15, 0.2) is 82.0 Å². The average molecular weight is 384 g/mol. The van der Waals surface area contributed by atoms with E-state index in [0.717, 1.165) is 11.1 Å². The van der Waals surface area contributed by atoms with Crippen LogP contribution in [0.5, 0.6) is 5.75 Å². The van der Waals surface area contributed by atoms with Crippen LogP contribution in [0, 0.1) is 13.8 Å². The number of ether oxygens (including phenoxy) is 1. The predicted molar refractivity (Wildman–Crippen MR) is 114 cm³/mol. The van der Waals surface area contributed by atoms with Crippen LogP contribution < -0.4 is 10.2 Å². The maximum Gasteiger partial charge on any atom is 0.235 e. The number of fused-ring (bicyclic) bond motifs is 1. The van der Waals surface area contributed by atoms with Crippen LogP contribution in [0.4, 0.5) is 0 Å². The SMILES string of the molecule is Cc1cc2oc(-c3ccccc3)c(OCC(=O)c3ccccc3)c(=O)c2cc1C. The maximum atomic E-state index is 13.2. The number of rotatable bonds is 5. The number of hydrogen-bond donors (Lipinski definition) is 0. The lowest BCUT2D eigenvalue weighted by molar-refractivity contribution is 0.0920. The molecule has 0 N–H and O–H groups in total. The molecule has 0 spiro atoms. The number of carbonyl (C=O) groups excluding carboxylic acids is 1. The molecule has 0 saturated carbocycles. The van der Waals surface area contributed by atoms with Gasteiger partial charge < -0.3 is 9.15 Å². The molecule has 0 fully saturated rings. The average Bonchev–Trinajstić information content (AvgIpc) is 2.75. The van der Waals surface area contributed by atoms with Gasteiger partial charge in [0, 0.05) is 11.1 Å². The van der Waals surface area contributed by atoms with Crippen molar-refractivity contribution in [1.82, 2.24) is 0 Å². The molecule has 4 rings (SSSR count). The summed E-state index contributed by atoms with van der Waals surface area (Å²) in [6, 6.07) is 21.8. The first kappa shape index (κ1) is 18.7. The third-order valence-corrected chi connectivity index (χ3v) is 4.94. The Morgan fingerprint density at radius 3 is 2.21 bits per heavy atom. The molecule has 0 aliphatic rings. The molecular formula is C25H20O4. The Balaban J connectivity index is 1.82. The van der Waals surface area contributed by atoms with Gasteiger partial charge in [0.05, 0.1) is 5.39 Å². The number of ketones is 1. The summed E-state index contributed by atoms with van der Waals surface area (Å²) in [5, 5.41) is 0.440. The Hall–Kier alpha value is -3.66. The molecule has 4 heteroatoms. The zero-order valence-corrected chi connectivity index (χ0v) is 16.3. The summed E-state index contributed by atoms with van der Waals surface area (Å²) < 4.78 is 11.9. The lowest BCUT2D eigenvalue weighted by Gasteiger charge is -2.12. The Morgan fingerprint density at radius 1 is 0.897 bits per heavy atom. The van der Waals surface area contributed by atoms with Gasteiger partial charge in [-0.3, -0.25) is 9.59 Å². The summed E-state index contributed by atoms with van der Waals surface area (Å²) >= 11 is 0. The molecule has 0 aliphatic heterocycles. The van der Waals surface area contributed by atoms with Crippen LogP contribution in [0.1, 0.15) is 21.5 Å². The summed E-state index contributed by atoms with van der Waals surface area (Å²) in [5.41, 5.74) is 3.49. The third kappa shape index (κ3) is 3.69. The van der Waals surface area contributed by atoms with Gasteiger partial charge in [-0.05, 0) is 37.1 Å². The van der Waals surface area contributed by atoms with E-state index in [0.29, 0.717) is 27.9 Å². The molecule has 0 atom stereocenters. The van der Waals surface area contributed by atoms with Crippen molar-refractivity contribution in [3.05, 3.63) is 99.7 Å². The summed E-state index contributed by atoms with van der Waals surface area (Å²) in [6.07, 6.45) is 0. The number of aryl methyl sites for hydroxylation is 2. The van der Waals surface area contributed by atoms with Gasteiger partial charge in [-0.2, -0.15) is 0 Å². The van der Waals surface area contributed by atoms with Crippen molar-refractivity contribution in [3.8, 4) is 17.1 Å². The van der Waals surface area contributed by atoms with Gasteiger partial charge in [0.25, 0.3) is 0 Å². The van der Waals surface area contributed by atoms with Crippen molar-refractivity contribution in [2.75, 3.05) is 6.61 Å². The van der Waals surface area contributed by atoms with Crippen molar-refractivity contribution < 1.29 is 13.9 Å². The molecule has 4 nitrogen and oxygen atoms in total. The highest BCUT2D eigenvalue weighted by atomic mass is 16.5. The maximum absolute atomic E-state index is 13.2. The Bertz CT molecular complexity index is 1240. The Kier molecular flexibility index (Phi) is 5.00. The standard InChI is InChI=1S/C25H20O4/c1-16-13-20-22(14-17(16)2)29-24(19-11-7-4-8-12-19)25(23(20)27)28-15-21(26)18-9-5-3-6-10-18/h3-14H,15H2,1-2H3. The minimum Gasteiger partial charge on any atom is -0.478 e. The minimum atomic E-state index is -0.283. The molecule has 0 saturated heterocycles. The summed E-state index contributed by atoms with van der Waals surface area (Å²) in [6.45, 7) is 3.67. The van der Waals surface area contributed by atoms with Gasteiger partial charge in [0.15, 0.2) is 18.2 Å². The Labute approximate surface area is 168 Å². The molecule has 1 aromatic heterocycles. The van der Waals surface area contributed by atoms with E-state index >= 15 is 0 Å². The second-order valence-corrected chi connectivity index (χ2v) is 6.97. The lowest BCUT2D eigenvalue weighted by atomic mass is 10.0. The zero-order valence-electron chi connectivity index (χ0n) is 16.3. The van der Waals surface area contributed by atoms with E-state index in [2.05, 4.69) is 0 Å². The predicted octanol–water partition coefficient (Wildman–Crippen LogP) is 5.34. The number of carbonyl (C=O) groups is 1. The second-order valence-electron chi connectivity index (χ2n) is 6.97. The second kappa shape index (κ2) is 7.76. The van der Waals surface area contributed by atoms with E-state index in [9.17, 15) is 9.59 Å². The smallest absolute Gasteiger partial charge is 0.235 e. The van der Waals surface area contributed by atoms with Gasteiger partial charge in [-0.15, -0.1) is 0 Å². The molecule has 0 bridgehead atoms. The molecule has 0 unspecified atom stereocenters. The molecule has 4 aromatic rings. The first-order valence-electron chi connectivity index (χ1n) is 9.39. The van der Waals surface area contributed by atoms with Gasteiger partial charge in [0.2, 0.25) is 11.2 Å². The normalized spacial score (nSPS) is 10.8. The highest BCUT2D eigenvalue weighted by molar-refractivity contribution is 5.97. The van der Waals surface area contributed by atoms with E-state index < -0.39 is 0 Å². The van der Waals surface area contributed by atoms with Crippen LogP contribution in [0.3, 0.4) is 0 Å². The van der Waals surface area contributed by atoms with E-state index in [1.54, 1.807) is 30.3 Å². The summed E-state index contributed by atoms with van der Waals surface area (Å²) in [4.78, 5) is 25.7. The monoisotopic (exact) mass is 384 g/mol. The van der Waals surface area contributed by atoms with E-state index in [4.69, 9.17) is 9.15 Å². The first-order chi connectivity index (χ1) is 14.0. The number of Topliss-reactive ketones (excluding diaryl/α,β-unsaturated/α-hetero) is 1. The van der Waals surface area contributed by atoms with Gasteiger partial charge in [-0.25, -0.2) is 0 Å². The molecule has 0 amide bonds. The highest BCUT2D eigenvalue weighted by Crippen LogP contribution is 2.31. The molecule has 3 aromatic carbocycles. The van der Waals surface area contributed by atoms with Gasteiger partial charge in [0.1, 0.15) is 5.58 Å². The molecule has 0 radical (unpaired) electrons. The fourth-order valence-corrected chi connectivity index (χ4v) is 3.19. The minimum absolute atomic E-state index is 0.0521. The van der Waals surface area contributed by atoms with Crippen LogP contribution in [-0.4, -0.2) is 12.4 Å². The first-order valence-corrected chi connectivity index (χ1v) is 9.39. The summed E-state index contributed by atoms with van der Waals surface area (Å²) in [7, 11) is 0. The summed E-state index contributed by atoms with van der Waals surface area (Å²) in [5.74, 6) is 0.174. The molecular weight excluding hydrogens is 364 g/mol. The molecule has 1 heterocycles. The van der Waals surface area contributed by atoms with Crippen LogP contribution in [0.25, 0.3) is 22.3 Å². The number of hydrogen-bond acceptors (Lipinski definition) is 4. The Morgan fingerprint density at radius 2 is 1.52 bits per heavy atom. The van der Waals surface area contributed by atoms with Crippen molar-refractivity contribution in [1.29, 1.82) is 0 Å². The largest absolute Gasteiger partial charge is 0.478 e. The fraction of sp³-hybridized carbons (Fsp3) is 0.120. The van der Waals surface area contributed by atoms with Crippen molar-refractivity contribution in [3.63, 3.8) is 0 Å². The topological polar surface area (TPSA) is 56.5 Å². The number of benzene rings is 3. The van der Waals surface area contributed by atoms with Crippen molar-refractivity contribution in [2.24, 2.45) is 0 Å². The third-order valence-electron chi connectivity index (χ3n) is 4.94. The van der Waals surface area contributed by atoms with Crippen LogP contribution >= 0.6 is 0 Å². The lowest BCUT2D eigenvalue weighted by Crippen LogP contribution is -2.17. The van der Waals surface area contributed by atoms with Crippen molar-refractivity contribution in [2.45, 2.75) is 13.8 Å². The van der Waals surface area contributed by atoms with Crippen molar-refractivity contribution >= 4 is 16.8 Å². The van der Waals surface area contributed by atoms with Crippen LogP contribution in [-0.2, 0) is 0 Å². The molecule has 29 heavy (non-hydrogen) atoms. The fourth-order valence-electron chi connectivity index (χ4n) is 3.19. The van der Waals surface area contributed by atoms with E-state index in [-0.39, 0.29) is 23.6 Å². The van der Waals surface area contributed by atoms with E-state index in [1.807, 2.05) is 56.3 Å². The van der Waals surface area contributed by atoms with E-state index in [1.165, 1.54) is 0 Å². The van der Waals surface area contributed by atoms with Gasteiger partial charge >= 0.3 is 0 Å². The quantitative estimate of drug-likeness (QED) is 0.436. The van der Waals surface area contributed by atoms with Crippen LogP contribution in [0.2, 0.25) is 0 Å². The van der Waals surface area contributed by atoms with Gasteiger partial charge in [-0.1, -0.05) is 60.7 Å². The highest BCUT2D eigenvalue weighted by Gasteiger charge is 2.19. The zero-order chi connectivity index (χ0) is 20.4.